The lowest BCUT2D eigenvalue weighted by Crippen LogP contribution is -2.15. The second-order valence-corrected chi connectivity index (χ2v) is 7.55. The van der Waals surface area contributed by atoms with Crippen LogP contribution in [0.2, 0.25) is 0 Å². The number of anilines is 1. The molecule has 1 amide bonds. The van der Waals surface area contributed by atoms with Crippen LogP contribution in [0.15, 0.2) is 77.3 Å². The van der Waals surface area contributed by atoms with Crippen molar-refractivity contribution >= 4 is 22.5 Å². The summed E-state index contributed by atoms with van der Waals surface area (Å²) in [6.07, 6.45) is -4.51. The molecule has 0 fully saturated rings. The zero-order valence-corrected chi connectivity index (χ0v) is 17.7. The van der Waals surface area contributed by atoms with Crippen LogP contribution < -0.4 is 5.32 Å². The molecule has 0 saturated heterocycles. The van der Waals surface area contributed by atoms with E-state index in [0.29, 0.717) is 22.7 Å². The van der Waals surface area contributed by atoms with Crippen molar-refractivity contribution in [3.63, 3.8) is 0 Å². The van der Waals surface area contributed by atoms with Gasteiger partial charge in [-0.15, -0.1) is 5.10 Å². The van der Waals surface area contributed by atoms with E-state index in [1.54, 1.807) is 19.1 Å². The van der Waals surface area contributed by atoms with Gasteiger partial charge in [-0.3, -0.25) is 4.79 Å². The monoisotopic (exact) mass is 463 g/mol. The summed E-state index contributed by atoms with van der Waals surface area (Å²) >= 11 is 0. The Labute approximate surface area is 190 Å². The summed E-state index contributed by atoms with van der Waals surface area (Å²) in [5.41, 5.74) is 1.69. The van der Waals surface area contributed by atoms with Crippen molar-refractivity contribution in [2.24, 2.45) is 0 Å². The highest BCUT2D eigenvalue weighted by Gasteiger charge is 2.30. The molecule has 1 N–H and O–H groups in total. The fraction of sp³-hybridized carbons (Fsp3) is 0.0833. The SMILES string of the molecule is Cc1c(C(=O)Nc2cccc(C(F)(F)F)c2)nnn1-c1ccc2noc(-c3ccccc3)c2c1. The van der Waals surface area contributed by atoms with Gasteiger partial charge in [-0.1, -0.05) is 46.8 Å². The van der Waals surface area contributed by atoms with E-state index in [4.69, 9.17) is 4.52 Å². The number of amides is 1. The molecule has 0 radical (unpaired) electrons. The third-order valence-electron chi connectivity index (χ3n) is 5.30. The van der Waals surface area contributed by atoms with Crippen molar-refractivity contribution in [2.75, 3.05) is 5.32 Å². The number of fused-ring (bicyclic) bond motifs is 1. The van der Waals surface area contributed by atoms with Crippen LogP contribution in [0.1, 0.15) is 21.7 Å². The summed E-state index contributed by atoms with van der Waals surface area (Å²) in [6.45, 7) is 1.65. The van der Waals surface area contributed by atoms with Crippen LogP contribution in [0, 0.1) is 6.92 Å². The second kappa shape index (κ2) is 8.14. The van der Waals surface area contributed by atoms with Crippen molar-refractivity contribution < 1.29 is 22.5 Å². The number of carbonyl (C=O) groups excluding carboxylic acids is 1. The van der Waals surface area contributed by atoms with Gasteiger partial charge in [-0.25, -0.2) is 4.68 Å². The highest BCUT2D eigenvalue weighted by atomic mass is 19.4. The normalized spacial score (nSPS) is 11.6. The van der Waals surface area contributed by atoms with E-state index in [-0.39, 0.29) is 11.4 Å². The van der Waals surface area contributed by atoms with E-state index in [2.05, 4.69) is 20.8 Å². The van der Waals surface area contributed by atoms with E-state index in [1.165, 1.54) is 16.8 Å². The summed E-state index contributed by atoms with van der Waals surface area (Å²) < 4.78 is 45.9. The Morgan fingerprint density at radius 2 is 1.79 bits per heavy atom. The molecule has 7 nitrogen and oxygen atoms in total. The molecule has 0 aliphatic rings. The summed E-state index contributed by atoms with van der Waals surface area (Å²) in [5.74, 6) is -0.0724. The molecule has 0 aliphatic carbocycles. The molecule has 34 heavy (non-hydrogen) atoms. The third kappa shape index (κ3) is 3.90. The highest BCUT2D eigenvalue weighted by molar-refractivity contribution is 6.03. The topological polar surface area (TPSA) is 85.8 Å². The number of nitrogens with zero attached hydrogens (tertiary/aromatic N) is 4. The summed E-state index contributed by atoms with van der Waals surface area (Å²) in [4.78, 5) is 12.7. The average Bonchev–Trinajstić information content (AvgIpc) is 3.42. The van der Waals surface area contributed by atoms with E-state index >= 15 is 0 Å². The number of benzene rings is 3. The Hall–Kier alpha value is -4.47. The Morgan fingerprint density at radius 3 is 2.56 bits per heavy atom. The number of nitrogens with one attached hydrogen (secondary N) is 1. The predicted octanol–water partition coefficient (Wildman–Crippen LogP) is 5.66. The van der Waals surface area contributed by atoms with Gasteiger partial charge in [0.25, 0.3) is 5.91 Å². The van der Waals surface area contributed by atoms with Gasteiger partial charge in [-0.2, -0.15) is 13.2 Å². The molecule has 0 saturated carbocycles. The summed E-state index contributed by atoms with van der Waals surface area (Å²) in [5, 5.41) is 15.3. The smallest absolute Gasteiger partial charge is 0.355 e. The van der Waals surface area contributed by atoms with Crippen molar-refractivity contribution in [2.45, 2.75) is 13.1 Å². The van der Waals surface area contributed by atoms with Gasteiger partial charge in [0.1, 0.15) is 5.52 Å². The second-order valence-electron chi connectivity index (χ2n) is 7.55. The van der Waals surface area contributed by atoms with Gasteiger partial charge in [0.15, 0.2) is 11.5 Å². The van der Waals surface area contributed by atoms with Gasteiger partial charge in [0.05, 0.1) is 22.3 Å². The lowest BCUT2D eigenvalue weighted by molar-refractivity contribution is -0.137. The van der Waals surface area contributed by atoms with Crippen molar-refractivity contribution in [1.82, 2.24) is 20.2 Å². The number of rotatable bonds is 4. The summed E-state index contributed by atoms with van der Waals surface area (Å²) in [6, 6.07) is 19.2. The molecule has 2 heterocycles. The Kier molecular flexibility index (Phi) is 5.12. The van der Waals surface area contributed by atoms with Crippen LogP contribution in [0.3, 0.4) is 0 Å². The first-order chi connectivity index (χ1) is 16.3. The van der Waals surface area contributed by atoms with E-state index in [9.17, 15) is 18.0 Å². The molecule has 0 atom stereocenters. The predicted molar refractivity (Wildman–Crippen MR) is 118 cm³/mol. The van der Waals surface area contributed by atoms with Crippen LogP contribution in [0.4, 0.5) is 18.9 Å². The molecule has 0 bridgehead atoms. The highest BCUT2D eigenvalue weighted by Crippen LogP contribution is 2.32. The molecular weight excluding hydrogens is 447 g/mol. The molecule has 10 heteroatoms. The average molecular weight is 463 g/mol. The van der Waals surface area contributed by atoms with E-state index in [1.807, 2.05) is 36.4 Å². The minimum absolute atomic E-state index is 0.00664. The quantitative estimate of drug-likeness (QED) is 0.372. The van der Waals surface area contributed by atoms with Gasteiger partial charge in [0.2, 0.25) is 0 Å². The first-order valence-electron chi connectivity index (χ1n) is 10.2. The fourth-order valence-electron chi connectivity index (χ4n) is 3.61. The third-order valence-corrected chi connectivity index (χ3v) is 5.30. The van der Waals surface area contributed by atoms with Crippen molar-refractivity contribution in [1.29, 1.82) is 0 Å². The first kappa shape index (κ1) is 21.4. The molecule has 2 aromatic heterocycles. The zero-order chi connectivity index (χ0) is 23.9. The summed E-state index contributed by atoms with van der Waals surface area (Å²) in [7, 11) is 0. The van der Waals surface area contributed by atoms with E-state index in [0.717, 1.165) is 23.1 Å². The maximum atomic E-state index is 13.0. The van der Waals surface area contributed by atoms with Gasteiger partial charge >= 0.3 is 6.18 Å². The zero-order valence-electron chi connectivity index (χ0n) is 17.7. The minimum atomic E-state index is -4.51. The lowest BCUT2D eigenvalue weighted by Gasteiger charge is -2.09. The van der Waals surface area contributed by atoms with Crippen LogP contribution in [0.25, 0.3) is 27.9 Å². The fourth-order valence-corrected chi connectivity index (χ4v) is 3.61. The van der Waals surface area contributed by atoms with Gasteiger partial charge in [0, 0.05) is 11.3 Å². The molecule has 170 valence electrons. The van der Waals surface area contributed by atoms with Crippen LogP contribution in [0.5, 0.6) is 0 Å². The molecule has 5 rings (SSSR count). The number of aromatic nitrogens is 4. The Balaban J connectivity index is 1.46. The molecule has 0 aliphatic heterocycles. The lowest BCUT2D eigenvalue weighted by atomic mass is 10.1. The number of carbonyl (C=O) groups is 1. The number of alkyl halides is 3. The molecule has 3 aromatic carbocycles. The molecule has 0 spiro atoms. The van der Waals surface area contributed by atoms with Crippen LogP contribution in [-0.4, -0.2) is 26.1 Å². The number of hydrogen-bond acceptors (Lipinski definition) is 5. The minimum Gasteiger partial charge on any atom is -0.355 e. The van der Waals surface area contributed by atoms with E-state index < -0.39 is 17.6 Å². The van der Waals surface area contributed by atoms with Crippen LogP contribution >= 0.6 is 0 Å². The van der Waals surface area contributed by atoms with Gasteiger partial charge in [-0.05, 0) is 43.3 Å². The first-order valence-corrected chi connectivity index (χ1v) is 10.2. The number of halogens is 3. The van der Waals surface area contributed by atoms with Gasteiger partial charge < -0.3 is 9.84 Å². The Morgan fingerprint density at radius 1 is 1.00 bits per heavy atom. The largest absolute Gasteiger partial charge is 0.416 e. The maximum Gasteiger partial charge on any atom is 0.416 e. The maximum absolute atomic E-state index is 13.0. The standard InChI is InChI=1S/C24H16F3N5O2/c1-14-21(23(33)28-17-9-5-8-16(12-17)24(25,26)27)29-31-32(14)18-10-11-20-19(13-18)22(34-30-20)15-6-3-2-4-7-15/h2-13H,1H3,(H,28,33). The molecular formula is C24H16F3N5O2. The molecule has 0 unspecified atom stereocenters. The van der Waals surface area contributed by atoms with Crippen molar-refractivity contribution in [3.8, 4) is 17.0 Å². The molecule has 5 aromatic rings. The Bertz CT molecular complexity index is 1510. The van der Waals surface area contributed by atoms with Crippen molar-refractivity contribution in [3.05, 3.63) is 89.7 Å². The number of hydrogen-bond donors (Lipinski definition) is 1. The van der Waals surface area contributed by atoms with Crippen LogP contribution in [-0.2, 0) is 6.18 Å².